The minimum absolute atomic E-state index is 0.256. The van der Waals surface area contributed by atoms with Crippen LogP contribution < -0.4 is 5.32 Å². The van der Waals surface area contributed by atoms with Crippen LogP contribution in [0.25, 0.3) is 0 Å². The Bertz CT molecular complexity index is 1030. The Morgan fingerprint density at radius 2 is 1.02 bits per heavy atom. The van der Waals surface area contributed by atoms with E-state index in [0.29, 0.717) is 12.8 Å². The Balaban J connectivity index is 2.38. The van der Waals surface area contributed by atoms with Crippen LogP contribution in [0.15, 0.2) is 24.3 Å². The van der Waals surface area contributed by atoms with Gasteiger partial charge in [0.2, 0.25) is 5.91 Å². The van der Waals surface area contributed by atoms with Crippen LogP contribution in [0.4, 0.5) is 0 Å². The summed E-state index contributed by atoms with van der Waals surface area (Å²) in [6.45, 7) is 3.39. The maximum Gasteiger partial charge on any atom is 0.249 e. The summed E-state index contributed by atoms with van der Waals surface area (Å²) in [5, 5.41) is 75.6. The Labute approximate surface area is 365 Å². The average Bonchev–Trinajstić information content (AvgIpc) is 3.25. The molecule has 0 aromatic heterocycles. The lowest BCUT2D eigenvalue weighted by Gasteiger charge is -2.40. The fraction of sp³-hybridized carbons (Fsp3) is 0.898. The summed E-state index contributed by atoms with van der Waals surface area (Å²) < 4.78 is 11.1. The van der Waals surface area contributed by atoms with Crippen molar-refractivity contribution in [2.75, 3.05) is 13.2 Å². The van der Waals surface area contributed by atoms with Crippen molar-refractivity contribution in [3.8, 4) is 0 Å². The molecule has 11 heteroatoms. The van der Waals surface area contributed by atoms with E-state index < -0.39 is 74.2 Å². The van der Waals surface area contributed by atoms with Crippen LogP contribution in [0, 0.1) is 0 Å². The number of aliphatic hydroxyl groups is 7. The van der Waals surface area contributed by atoms with Gasteiger partial charge in [0, 0.05) is 0 Å². The molecule has 1 aliphatic heterocycles. The van der Waals surface area contributed by atoms with Crippen molar-refractivity contribution in [1.82, 2.24) is 5.32 Å². The molecule has 60 heavy (non-hydrogen) atoms. The number of unbranched alkanes of at least 4 members (excludes halogenated alkanes) is 25. The van der Waals surface area contributed by atoms with Gasteiger partial charge in [-0.25, -0.2) is 0 Å². The minimum atomic E-state index is -1.67. The van der Waals surface area contributed by atoms with Gasteiger partial charge in [-0.05, 0) is 44.9 Å². The van der Waals surface area contributed by atoms with Gasteiger partial charge in [-0.15, -0.1) is 0 Å². The van der Waals surface area contributed by atoms with E-state index in [2.05, 4.69) is 43.5 Å². The summed E-state index contributed by atoms with van der Waals surface area (Å²) in [7, 11) is 0. The van der Waals surface area contributed by atoms with Gasteiger partial charge in [0.05, 0.1) is 25.4 Å². The number of rotatable bonds is 41. The largest absolute Gasteiger partial charge is 0.394 e. The van der Waals surface area contributed by atoms with E-state index in [-0.39, 0.29) is 12.8 Å². The lowest BCUT2D eigenvalue weighted by Crippen LogP contribution is -2.60. The molecule has 0 saturated carbocycles. The molecule has 1 fully saturated rings. The van der Waals surface area contributed by atoms with Gasteiger partial charge in [0.15, 0.2) is 6.29 Å². The molecule has 1 heterocycles. The molecule has 0 spiro atoms. The molecule has 0 unspecified atom stereocenters. The average molecular weight is 856 g/mol. The number of allylic oxidation sites excluding steroid dienone is 4. The molecular formula is C49H93NO10. The lowest BCUT2D eigenvalue weighted by atomic mass is 9.98. The van der Waals surface area contributed by atoms with Crippen molar-refractivity contribution >= 4 is 5.91 Å². The monoisotopic (exact) mass is 856 g/mol. The highest BCUT2D eigenvalue weighted by atomic mass is 16.7. The second-order valence-electron chi connectivity index (χ2n) is 17.5. The summed E-state index contributed by atoms with van der Waals surface area (Å²) in [6.07, 6.45) is 32.3. The van der Waals surface area contributed by atoms with E-state index in [9.17, 15) is 40.5 Å². The topological polar surface area (TPSA) is 189 Å². The fourth-order valence-electron chi connectivity index (χ4n) is 7.88. The molecule has 0 bridgehead atoms. The highest BCUT2D eigenvalue weighted by Gasteiger charge is 2.44. The van der Waals surface area contributed by atoms with Crippen molar-refractivity contribution in [3.05, 3.63) is 24.3 Å². The van der Waals surface area contributed by atoms with Crippen LogP contribution in [0.2, 0.25) is 0 Å². The molecule has 1 rings (SSSR count). The smallest absolute Gasteiger partial charge is 0.249 e. The fourth-order valence-corrected chi connectivity index (χ4v) is 7.88. The maximum atomic E-state index is 13.1. The number of hydrogen-bond donors (Lipinski definition) is 8. The second-order valence-corrected chi connectivity index (χ2v) is 17.5. The molecule has 11 nitrogen and oxygen atoms in total. The number of carbonyl (C=O) groups is 1. The van der Waals surface area contributed by atoms with E-state index >= 15 is 0 Å². The predicted octanol–water partition coefficient (Wildman–Crippen LogP) is 8.62. The van der Waals surface area contributed by atoms with Gasteiger partial charge in [-0.2, -0.15) is 0 Å². The predicted molar refractivity (Wildman–Crippen MR) is 242 cm³/mol. The molecule has 1 saturated heterocycles. The van der Waals surface area contributed by atoms with E-state index in [0.717, 1.165) is 44.9 Å². The number of aliphatic hydroxyl groups excluding tert-OH is 7. The van der Waals surface area contributed by atoms with E-state index in [1.54, 1.807) is 0 Å². The van der Waals surface area contributed by atoms with Crippen molar-refractivity contribution in [2.45, 2.75) is 268 Å². The number of hydrogen-bond acceptors (Lipinski definition) is 10. The maximum absolute atomic E-state index is 13.1. The molecule has 354 valence electrons. The van der Waals surface area contributed by atoms with E-state index in [1.807, 2.05) is 0 Å². The Morgan fingerprint density at radius 1 is 0.583 bits per heavy atom. The minimum Gasteiger partial charge on any atom is -0.394 e. The van der Waals surface area contributed by atoms with Crippen LogP contribution in [-0.2, 0) is 14.3 Å². The zero-order valence-electron chi connectivity index (χ0n) is 38.2. The van der Waals surface area contributed by atoms with Gasteiger partial charge in [0.1, 0.15) is 36.6 Å². The van der Waals surface area contributed by atoms with E-state index in [1.165, 1.54) is 128 Å². The van der Waals surface area contributed by atoms with Gasteiger partial charge in [-0.3, -0.25) is 4.79 Å². The van der Waals surface area contributed by atoms with Crippen LogP contribution in [0.3, 0.4) is 0 Å². The highest BCUT2D eigenvalue weighted by molar-refractivity contribution is 5.80. The van der Waals surface area contributed by atoms with E-state index in [4.69, 9.17) is 9.47 Å². The summed E-state index contributed by atoms with van der Waals surface area (Å²) in [6, 6.07) is -1.18. The molecular weight excluding hydrogens is 763 g/mol. The Hall–Kier alpha value is -1.41. The van der Waals surface area contributed by atoms with Gasteiger partial charge >= 0.3 is 0 Å². The zero-order valence-corrected chi connectivity index (χ0v) is 38.2. The summed E-state index contributed by atoms with van der Waals surface area (Å²) in [5.74, 6) is -0.707. The number of ether oxygens (including phenoxy) is 2. The molecule has 0 aliphatic carbocycles. The van der Waals surface area contributed by atoms with Crippen molar-refractivity contribution < 1.29 is 50.0 Å². The standard InChI is InChI=1S/C49H93NO10/c1-3-5-7-9-11-13-15-17-18-19-20-21-22-23-24-25-27-29-31-33-35-37-42(53)48(58)50-40(39-59-49-47(57)46(56)45(55)43(38-51)60-49)44(54)41(52)36-34-32-30-28-26-16-14-12-10-8-6-4-2/h12,14,26,28,40-47,49,51-57H,3-11,13,15-25,27,29-39H2,1-2H3,(H,50,58)/b14-12+,28-26+/t40-,41+,42+,43+,44-,45+,46-,47+,49+/m0/s1. The summed E-state index contributed by atoms with van der Waals surface area (Å²) >= 11 is 0. The second kappa shape index (κ2) is 39.2. The van der Waals surface area contributed by atoms with Crippen LogP contribution in [-0.4, -0.2) is 110 Å². The third-order valence-electron chi connectivity index (χ3n) is 12.0. The van der Waals surface area contributed by atoms with Crippen molar-refractivity contribution in [1.29, 1.82) is 0 Å². The molecule has 0 radical (unpaired) electrons. The third kappa shape index (κ3) is 28.3. The third-order valence-corrected chi connectivity index (χ3v) is 12.0. The normalized spacial score (nSPS) is 21.8. The van der Waals surface area contributed by atoms with Gasteiger partial charge < -0.3 is 50.5 Å². The molecule has 0 aromatic carbocycles. The van der Waals surface area contributed by atoms with Crippen molar-refractivity contribution in [3.63, 3.8) is 0 Å². The Morgan fingerprint density at radius 3 is 1.50 bits per heavy atom. The summed E-state index contributed by atoms with van der Waals surface area (Å²) in [4.78, 5) is 13.1. The molecule has 1 amide bonds. The zero-order chi connectivity index (χ0) is 44.1. The first kappa shape index (κ1) is 56.6. The molecule has 0 aromatic rings. The van der Waals surface area contributed by atoms with Crippen molar-refractivity contribution in [2.24, 2.45) is 0 Å². The number of amides is 1. The molecule has 1 aliphatic rings. The first-order chi connectivity index (χ1) is 29.2. The summed E-state index contributed by atoms with van der Waals surface area (Å²) in [5.41, 5.74) is 0. The van der Waals surface area contributed by atoms with Crippen LogP contribution in [0.1, 0.15) is 213 Å². The molecule has 9 atom stereocenters. The number of carbonyl (C=O) groups excluding carboxylic acids is 1. The highest BCUT2D eigenvalue weighted by Crippen LogP contribution is 2.23. The Kier molecular flexibility index (Phi) is 37.0. The first-order valence-corrected chi connectivity index (χ1v) is 24.7. The lowest BCUT2D eigenvalue weighted by molar-refractivity contribution is -0.303. The first-order valence-electron chi connectivity index (χ1n) is 24.7. The van der Waals surface area contributed by atoms with Gasteiger partial charge in [0.25, 0.3) is 0 Å². The number of nitrogens with one attached hydrogen (secondary N) is 1. The quantitative estimate of drug-likeness (QED) is 0.0218. The SMILES string of the molecule is CCCCC/C=C/C/C=C/CCCC[C@@H](O)[C@@H](O)[C@H](CO[C@@H]1O[C@H](CO)[C@@H](O)[C@H](O)[C@H]1O)NC(=O)[C@H](O)CCCCCCCCCCCCCCCCCCCCCCC. The van der Waals surface area contributed by atoms with Gasteiger partial charge in [-0.1, -0.05) is 192 Å². The van der Waals surface area contributed by atoms with Crippen LogP contribution >= 0.6 is 0 Å². The molecule has 8 N–H and O–H groups in total. The van der Waals surface area contributed by atoms with Crippen LogP contribution in [0.5, 0.6) is 0 Å².